The molecule has 30 heavy (non-hydrogen) atoms. The Labute approximate surface area is 185 Å². The maximum absolute atomic E-state index is 12.1. The molecule has 160 valence electrons. The predicted molar refractivity (Wildman–Crippen MR) is 109 cm³/mol. The highest BCUT2D eigenvalue weighted by atomic mass is 35.5. The summed E-state index contributed by atoms with van der Waals surface area (Å²) in [5.74, 6) is -1.81. The van der Waals surface area contributed by atoms with Crippen LogP contribution >= 0.6 is 34.8 Å². The average molecular weight is 497 g/mol. The van der Waals surface area contributed by atoms with Crippen molar-refractivity contribution in [1.29, 1.82) is 0 Å². The van der Waals surface area contributed by atoms with E-state index in [4.69, 9.17) is 34.8 Å². The number of non-ortho nitro benzene ring substituents is 1. The summed E-state index contributed by atoms with van der Waals surface area (Å²) in [6.45, 7) is -1.48. The van der Waals surface area contributed by atoms with Gasteiger partial charge in [0.15, 0.2) is 6.61 Å². The summed E-state index contributed by atoms with van der Waals surface area (Å²) in [7, 11) is -4.07. The number of nitrogens with one attached hydrogen (secondary N) is 2. The number of benzene rings is 2. The van der Waals surface area contributed by atoms with Crippen LogP contribution in [0.2, 0.25) is 15.1 Å². The minimum Gasteiger partial charge on any atom is -0.455 e. The van der Waals surface area contributed by atoms with E-state index in [1.807, 2.05) is 4.72 Å². The SMILES string of the molecule is O=C(COC(=O)CNS(=O)(=O)c1ccc(Cl)c(Cl)c1)Nc1ccc([N+](=O)[O-])cc1Cl. The number of carbonyl (C=O) groups excluding carboxylic acids is 2. The third-order valence-electron chi connectivity index (χ3n) is 3.41. The van der Waals surface area contributed by atoms with Crippen molar-refractivity contribution in [2.75, 3.05) is 18.5 Å². The minimum atomic E-state index is -4.07. The Kier molecular flexibility index (Phi) is 7.98. The fourth-order valence-corrected chi connectivity index (χ4v) is 3.56. The van der Waals surface area contributed by atoms with Gasteiger partial charge < -0.3 is 10.1 Å². The van der Waals surface area contributed by atoms with Crippen molar-refractivity contribution in [2.45, 2.75) is 4.90 Å². The van der Waals surface area contributed by atoms with E-state index in [2.05, 4.69) is 10.1 Å². The molecule has 0 saturated carbocycles. The van der Waals surface area contributed by atoms with Crippen LogP contribution in [-0.2, 0) is 24.3 Å². The molecule has 0 unspecified atom stereocenters. The Balaban J connectivity index is 1.86. The first-order chi connectivity index (χ1) is 14.0. The van der Waals surface area contributed by atoms with Gasteiger partial charge in [0.25, 0.3) is 11.6 Å². The molecule has 0 radical (unpaired) electrons. The lowest BCUT2D eigenvalue weighted by molar-refractivity contribution is -0.384. The van der Waals surface area contributed by atoms with Crippen LogP contribution in [0.15, 0.2) is 41.3 Å². The third kappa shape index (κ3) is 6.54. The summed E-state index contributed by atoms with van der Waals surface area (Å²) in [5.41, 5.74) is -0.192. The van der Waals surface area contributed by atoms with Gasteiger partial charge in [-0.25, -0.2) is 8.42 Å². The molecule has 1 amide bonds. The Morgan fingerprint density at radius 1 is 1.03 bits per heavy atom. The van der Waals surface area contributed by atoms with Crippen LogP contribution in [0.5, 0.6) is 0 Å². The highest BCUT2D eigenvalue weighted by molar-refractivity contribution is 7.89. The summed E-state index contributed by atoms with van der Waals surface area (Å²) in [6.07, 6.45) is 0. The number of hydrogen-bond donors (Lipinski definition) is 2. The number of nitrogens with zero attached hydrogens (tertiary/aromatic N) is 1. The molecule has 0 saturated heterocycles. The van der Waals surface area contributed by atoms with E-state index in [0.717, 1.165) is 18.2 Å². The van der Waals surface area contributed by atoms with Crippen LogP contribution in [0.4, 0.5) is 11.4 Å². The molecule has 0 heterocycles. The summed E-state index contributed by atoms with van der Waals surface area (Å²) in [5, 5.41) is 13.1. The maximum Gasteiger partial charge on any atom is 0.321 e. The summed E-state index contributed by atoms with van der Waals surface area (Å²) < 4.78 is 30.9. The number of sulfonamides is 1. The van der Waals surface area contributed by atoms with Crippen molar-refractivity contribution in [3.05, 3.63) is 61.6 Å². The summed E-state index contributed by atoms with van der Waals surface area (Å²) in [6, 6.07) is 6.98. The van der Waals surface area contributed by atoms with E-state index in [9.17, 15) is 28.1 Å². The largest absolute Gasteiger partial charge is 0.455 e. The number of halogens is 3. The molecule has 2 aromatic carbocycles. The molecular formula is C16H12Cl3N3O7S. The predicted octanol–water partition coefficient (Wildman–Crippen LogP) is 3.02. The normalized spacial score (nSPS) is 11.0. The third-order valence-corrected chi connectivity index (χ3v) is 5.86. The molecular weight excluding hydrogens is 485 g/mol. The van der Waals surface area contributed by atoms with E-state index < -0.39 is 40.0 Å². The first kappa shape index (κ1) is 23.8. The van der Waals surface area contributed by atoms with Crippen LogP contribution in [-0.4, -0.2) is 38.4 Å². The van der Waals surface area contributed by atoms with E-state index >= 15 is 0 Å². The van der Waals surface area contributed by atoms with Crippen molar-refractivity contribution in [3.8, 4) is 0 Å². The van der Waals surface area contributed by atoms with E-state index in [-0.39, 0.29) is 31.3 Å². The molecule has 2 rings (SSSR count). The quantitative estimate of drug-likeness (QED) is 0.324. The standard InChI is InChI=1S/C16H12Cl3N3O7S/c17-11-3-2-10(6-12(11)18)30(27,28)20-7-16(24)29-8-15(23)21-14-4-1-9(22(25)26)5-13(14)19/h1-6,20H,7-8H2,(H,21,23). The number of rotatable bonds is 8. The van der Waals surface area contributed by atoms with E-state index in [0.29, 0.717) is 0 Å². The van der Waals surface area contributed by atoms with Crippen LogP contribution in [0.3, 0.4) is 0 Å². The highest BCUT2D eigenvalue weighted by Gasteiger charge is 2.18. The molecule has 0 fully saturated rings. The van der Waals surface area contributed by atoms with Gasteiger partial charge in [0, 0.05) is 12.1 Å². The van der Waals surface area contributed by atoms with Gasteiger partial charge in [-0.2, -0.15) is 4.72 Å². The van der Waals surface area contributed by atoms with Gasteiger partial charge in [-0.15, -0.1) is 0 Å². The Morgan fingerprint density at radius 3 is 2.33 bits per heavy atom. The Hall–Kier alpha value is -2.44. The first-order valence-corrected chi connectivity index (χ1v) is 10.5. The molecule has 14 heteroatoms. The molecule has 10 nitrogen and oxygen atoms in total. The fraction of sp³-hybridized carbons (Fsp3) is 0.125. The number of nitro groups is 1. The van der Waals surface area contributed by atoms with Gasteiger partial charge in [0.05, 0.1) is 30.6 Å². The zero-order valence-electron chi connectivity index (χ0n) is 14.7. The molecule has 0 aliphatic carbocycles. The second-order valence-electron chi connectivity index (χ2n) is 5.53. The number of anilines is 1. The zero-order chi connectivity index (χ0) is 22.5. The van der Waals surface area contributed by atoms with Gasteiger partial charge in [-0.3, -0.25) is 19.7 Å². The molecule has 2 aromatic rings. The summed E-state index contributed by atoms with van der Waals surface area (Å²) >= 11 is 17.3. The molecule has 0 atom stereocenters. The Bertz CT molecular complexity index is 1110. The van der Waals surface area contributed by atoms with Crippen molar-refractivity contribution in [1.82, 2.24) is 4.72 Å². The lowest BCUT2D eigenvalue weighted by Gasteiger charge is -2.09. The van der Waals surface area contributed by atoms with E-state index in [1.165, 1.54) is 18.2 Å². The van der Waals surface area contributed by atoms with E-state index in [1.54, 1.807) is 0 Å². The first-order valence-electron chi connectivity index (χ1n) is 7.84. The molecule has 2 N–H and O–H groups in total. The van der Waals surface area contributed by atoms with Gasteiger partial charge in [-0.05, 0) is 24.3 Å². The molecule has 0 spiro atoms. The molecule has 0 aliphatic rings. The van der Waals surface area contributed by atoms with Crippen molar-refractivity contribution >= 4 is 68.1 Å². The van der Waals surface area contributed by atoms with Crippen molar-refractivity contribution < 1.29 is 27.7 Å². The second kappa shape index (κ2) is 10.0. The van der Waals surface area contributed by atoms with Gasteiger partial charge in [0.2, 0.25) is 10.0 Å². The molecule has 0 aromatic heterocycles. The second-order valence-corrected chi connectivity index (χ2v) is 8.52. The number of amides is 1. The number of esters is 1. The average Bonchev–Trinajstić information content (AvgIpc) is 2.68. The monoisotopic (exact) mass is 495 g/mol. The van der Waals surface area contributed by atoms with Gasteiger partial charge >= 0.3 is 5.97 Å². The topological polar surface area (TPSA) is 145 Å². The number of hydrogen-bond acceptors (Lipinski definition) is 7. The van der Waals surface area contributed by atoms with Crippen molar-refractivity contribution in [3.63, 3.8) is 0 Å². The lowest BCUT2D eigenvalue weighted by Crippen LogP contribution is -2.32. The molecule has 0 bridgehead atoms. The van der Waals surface area contributed by atoms with Crippen molar-refractivity contribution in [2.24, 2.45) is 0 Å². The van der Waals surface area contributed by atoms with Crippen LogP contribution in [0.1, 0.15) is 0 Å². The fourth-order valence-electron chi connectivity index (χ4n) is 1.98. The lowest BCUT2D eigenvalue weighted by atomic mass is 10.3. The van der Waals surface area contributed by atoms with Gasteiger partial charge in [-0.1, -0.05) is 34.8 Å². The number of ether oxygens (including phenoxy) is 1. The van der Waals surface area contributed by atoms with Crippen LogP contribution in [0, 0.1) is 10.1 Å². The number of carbonyl (C=O) groups is 2. The zero-order valence-corrected chi connectivity index (χ0v) is 17.8. The Morgan fingerprint density at radius 2 is 1.73 bits per heavy atom. The highest BCUT2D eigenvalue weighted by Crippen LogP contribution is 2.26. The van der Waals surface area contributed by atoms with Crippen LogP contribution < -0.4 is 10.0 Å². The van der Waals surface area contributed by atoms with Crippen LogP contribution in [0.25, 0.3) is 0 Å². The number of nitro benzene ring substituents is 1. The molecule has 0 aliphatic heterocycles. The summed E-state index contributed by atoms with van der Waals surface area (Å²) in [4.78, 5) is 33.3. The minimum absolute atomic E-state index is 0.0173. The maximum atomic E-state index is 12.1. The smallest absolute Gasteiger partial charge is 0.321 e. The van der Waals surface area contributed by atoms with Gasteiger partial charge in [0.1, 0.15) is 6.54 Å².